The van der Waals surface area contributed by atoms with Crippen LogP contribution in [0.4, 0.5) is 5.13 Å². The van der Waals surface area contributed by atoms with Crippen LogP contribution in [0.3, 0.4) is 0 Å². The van der Waals surface area contributed by atoms with Crippen LogP contribution in [0.15, 0.2) is 36.5 Å². The van der Waals surface area contributed by atoms with E-state index in [1.54, 1.807) is 6.20 Å². The smallest absolute Gasteiger partial charge is 0.181 e. The van der Waals surface area contributed by atoms with E-state index >= 15 is 0 Å². The summed E-state index contributed by atoms with van der Waals surface area (Å²) in [5.41, 5.74) is 9.49. The summed E-state index contributed by atoms with van der Waals surface area (Å²) in [7, 11) is 2.00. The fraction of sp³-hybridized carbons (Fsp3) is 0.0714. The topological polar surface area (TPSA) is 69.6 Å². The number of imidazole rings is 1. The molecule has 0 spiro atoms. The summed E-state index contributed by atoms with van der Waals surface area (Å²) >= 11 is 1.49. The summed E-state index contributed by atoms with van der Waals surface area (Å²) in [6.07, 6.45) is 1.76. The lowest BCUT2D eigenvalue weighted by Crippen LogP contribution is -1.92. The molecule has 5 nitrogen and oxygen atoms in total. The van der Waals surface area contributed by atoms with Gasteiger partial charge in [-0.05, 0) is 30.3 Å². The van der Waals surface area contributed by atoms with Crippen molar-refractivity contribution < 1.29 is 0 Å². The third-order valence-electron chi connectivity index (χ3n) is 3.32. The lowest BCUT2D eigenvalue weighted by Gasteiger charge is -2.02. The molecule has 1 aromatic carbocycles. The molecule has 0 unspecified atom stereocenters. The van der Waals surface area contributed by atoms with Crippen molar-refractivity contribution in [3.63, 3.8) is 0 Å². The van der Waals surface area contributed by atoms with Gasteiger partial charge in [-0.2, -0.15) is 0 Å². The molecular weight excluding hydrogens is 270 g/mol. The Morgan fingerprint density at radius 1 is 1.20 bits per heavy atom. The molecule has 0 saturated heterocycles. The zero-order chi connectivity index (χ0) is 13.7. The first-order valence-electron chi connectivity index (χ1n) is 6.16. The first-order valence-corrected chi connectivity index (χ1v) is 6.98. The molecular formula is C14H11N5S. The summed E-state index contributed by atoms with van der Waals surface area (Å²) in [5.74, 6) is 0.896. The third-order valence-corrected chi connectivity index (χ3v) is 4.17. The monoisotopic (exact) mass is 281 g/mol. The van der Waals surface area contributed by atoms with Gasteiger partial charge >= 0.3 is 0 Å². The van der Waals surface area contributed by atoms with Gasteiger partial charge in [-0.25, -0.2) is 15.0 Å². The largest absolute Gasteiger partial charge is 0.375 e. The number of aromatic nitrogens is 4. The summed E-state index contributed by atoms with van der Waals surface area (Å²) < 4.78 is 3.12. The number of thiazole rings is 1. The minimum Gasteiger partial charge on any atom is -0.375 e. The molecule has 4 aromatic rings. The Balaban J connectivity index is 1.97. The lowest BCUT2D eigenvalue weighted by molar-refractivity contribution is 0.960. The highest BCUT2D eigenvalue weighted by Gasteiger charge is 2.11. The van der Waals surface area contributed by atoms with Crippen LogP contribution in [0.2, 0.25) is 0 Å². The number of rotatable bonds is 1. The Bertz CT molecular complexity index is 937. The second-order valence-corrected chi connectivity index (χ2v) is 5.64. The number of pyridine rings is 1. The van der Waals surface area contributed by atoms with Gasteiger partial charge in [0.05, 0.1) is 15.7 Å². The quantitative estimate of drug-likeness (QED) is 0.582. The van der Waals surface area contributed by atoms with Crippen molar-refractivity contribution in [3.8, 4) is 11.4 Å². The molecule has 6 heteroatoms. The molecule has 0 aliphatic rings. The SMILES string of the molecule is Cn1c(-c2ccc3nc(N)sc3c2)nc2ncccc21. The molecule has 0 radical (unpaired) electrons. The van der Waals surface area contributed by atoms with E-state index in [0.717, 1.165) is 32.8 Å². The van der Waals surface area contributed by atoms with E-state index in [2.05, 4.69) is 21.0 Å². The van der Waals surface area contributed by atoms with Gasteiger partial charge in [0.2, 0.25) is 0 Å². The van der Waals surface area contributed by atoms with Gasteiger partial charge in [-0.1, -0.05) is 11.3 Å². The highest BCUT2D eigenvalue weighted by atomic mass is 32.1. The maximum absolute atomic E-state index is 5.75. The lowest BCUT2D eigenvalue weighted by atomic mass is 10.2. The molecule has 3 aromatic heterocycles. The van der Waals surface area contributed by atoms with Gasteiger partial charge in [0.15, 0.2) is 10.8 Å². The number of nitrogens with zero attached hydrogens (tertiary/aromatic N) is 4. The van der Waals surface area contributed by atoms with Gasteiger partial charge in [-0.15, -0.1) is 0 Å². The second kappa shape index (κ2) is 4.01. The summed E-state index contributed by atoms with van der Waals surface area (Å²) in [6, 6.07) is 10.0. The number of anilines is 1. The molecule has 0 aliphatic heterocycles. The molecule has 3 heterocycles. The standard InChI is InChI=1S/C14H11N5S/c1-19-10-3-2-6-16-12(10)18-13(19)8-4-5-9-11(7-8)20-14(15)17-9/h2-7H,1H3,(H2,15,17). The summed E-state index contributed by atoms with van der Waals surface area (Å²) in [6.45, 7) is 0. The molecule has 0 atom stereocenters. The normalized spacial score (nSPS) is 11.4. The van der Waals surface area contributed by atoms with Crippen LogP contribution < -0.4 is 5.73 Å². The Morgan fingerprint density at radius 3 is 2.95 bits per heavy atom. The minimum atomic E-state index is 0.587. The van der Waals surface area contributed by atoms with Crippen LogP contribution >= 0.6 is 11.3 Å². The molecule has 0 bridgehead atoms. The number of fused-ring (bicyclic) bond motifs is 2. The van der Waals surface area contributed by atoms with Crippen molar-refractivity contribution in [3.05, 3.63) is 36.5 Å². The zero-order valence-corrected chi connectivity index (χ0v) is 11.6. The molecule has 2 N–H and O–H groups in total. The number of nitrogen functional groups attached to an aromatic ring is 1. The van der Waals surface area contributed by atoms with Gasteiger partial charge < -0.3 is 10.3 Å². The fourth-order valence-electron chi connectivity index (χ4n) is 2.37. The van der Waals surface area contributed by atoms with Gasteiger partial charge in [0, 0.05) is 18.8 Å². The maximum atomic E-state index is 5.75. The van der Waals surface area contributed by atoms with E-state index in [1.165, 1.54) is 11.3 Å². The van der Waals surface area contributed by atoms with Crippen LogP contribution in [0.1, 0.15) is 0 Å². The fourth-order valence-corrected chi connectivity index (χ4v) is 3.14. The summed E-state index contributed by atoms with van der Waals surface area (Å²) in [5, 5.41) is 0.587. The molecule has 0 amide bonds. The number of benzene rings is 1. The first kappa shape index (κ1) is 11.4. The highest BCUT2D eigenvalue weighted by molar-refractivity contribution is 7.22. The first-order chi connectivity index (χ1) is 9.72. The third kappa shape index (κ3) is 1.58. The van der Waals surface area contributed by atoms with Crippen LogP contribution in [0.25, 0.3) is 32.8 Å². The van der Waals surface area contributed by atoms with E-state index in [0.29, 0.717) is 5.13 Å². The molecule has 0 saturated carbocycles. The van der Waals surface area contributed by atoms with E-state index in [9.17, 15) is 0 Å². The van der Waals surface area contributed by atoms with Crippen LogP contribution in [0.5, 0.6) is 0 Å². The maximum Gasteiger partial charge on any atom is 0.181 e. The average Bonchev–Trinajstić information content (AvgIpc) is 2.98. The molecule has 20 heavy (non-hydrogen) atoms. The van der Waals surface area contributed by atoms with Crippen molar-refractivity contribution in [1.29, 1.82) is 0 Å². The van der Waals surface area contributed by atoms with E-state index in [4.69, 9.17) is 5.73 Å². The molecule has 98 valence electrons. The zero-order valence-electron chi connectivity index (χ0n) is 10.7. The van der Waals surface area contributed by atoms with E-state index in [1.807, 2.05) is 35.9 Å². The number of hydrogen-bond donors (Lipinski definition) is 1. The predicted molar refractivity (Wildman–Crippen MR) is 81.5 cm³/mol. The second-order valence-electron chi connectivity index (χ2n) is 4.58. The van der Waals surface area contributed by atoms with E-state index in [-0.39, 0.29) is 0 Å². The molecule has 4 rings (SSSR count). The van der Waals surface area contributed by atoms with Crippen LogP contribution in [-0.4, -0.2) is 19.5 Å². The number of hydrogen-bond acceptors (Lipinski definition) is 5. The Kier molecular flexibility index (Phi) is 2.28. The predicted octanol–water partition coefficient (Wildman–Crippen LogP) is 2.83. The highest BCUT2D eigenvalue weighted by Crippen LogP contribution is 2.29. The van der Waals surface area contributed by atoms with Crippen molar-refractivity contribution in [1.82, 2.24) is 19.5 Å². The summed E-state index contributed by atoms with van der Waals surface area (Å²) in [4.78, 5) is 13.2. The number of nitrogens with two attached hydrogens (primary N) is 1. The Labute approximate surface area is 118 Å². The van der Waals surface area contributed by atoms with Crippen molar-refractivity contribution in [2.45, 2.75) is 0 Å². The Hall–Kier alpha value is -2.47. The van der Waals surface area contributed by atoms with E-state index < -0.39 is 0 Å². The number of aryl methyl sites for hydroxylation is 1. The molecule has 0 fully saturated rings. The van der Waals surface area contributed by atoms with Gasteiger partial charge in [0.1, 0.15) is 5.82 Å². The van der Waals surface area contributed by atoms with Gasteiger partial charge in [0.25, 0.3) is 0 Å². The van der Waals surface area contributed by atoms with Gasteiger partial charge in [-0.3, -0.25) is 0 Å². The van der Waals surface area contributed by atoms with Crippen LogP contribution in [0, 0.1) is 0 Å². The Morgan fingerprint density at radius 2 is 2.10 bits per heavy atom. The van der Waals surface area contributed by atoms with Crippen molar-refractivity contribution >= 4 is 37.8 Å². The average molecular weight is 281 g/mol. The van der Waals surface area contributed by atoms with Crippen LogP contribution in [-0.2, 0) is 7.05 Å². The molecule has 0 aliphatic carbocycles. The minimum absolute atomic E-state index is 0.587. The van der Waals surface area contributed by atoms with Crippen molar-refractivity contribution in [2.75, 3.05) is 5.73 Å². The van der Waals surface area contributed by atoms with Crippen molar-refractivity contribution in [2.24, 2.45) is 7.05 Å².